The van der Waals surface area contributed by atoms with Gasteiger partial charge in [-0.2, -0.15) is 0 Å². The Balaban J connectivity index is 2.16. The second-order valence-electron chi connectivity index (χ2n) is 11.8. The number of nitro benzene ring substituents is 1. The number of carbonyl (C=O) groups excluding carboxylic acids is 7. The van der Waals surface area contributed by atoms with E-state index in [0.717, 1.165) is 60.6 Å². The molecule has 10 atom stereocenters. The molecule has 1 aromatic carbocycles. The van der Waals surface area contributed by atoms with Crippen LogP contribution >= 0.6 is 0 Å². The lowest BCUT2D eigenvalue weighted by molar-refractivity contribution is -0.384. The molecular formula is C32H41N3O18. The predicted octanol–water partition coefficient (Wildman–Crippen LogP) is -0.261. The summed E-state index contributed by atoms with van der Waals surface area (Å²) in [5, 5.41) is 16.3. The SMILES string of the molecule is CC(=O)N[C@H]1[C@H](O[C@H]2[C@H](OC(C)=O)[C@@H](NC(C)=O)[C@H](Oc3ccc([N+](=O)[O-])cc3)O[C@@H]2COC(C)=O)O[C@H](COC(C)=O)[C@@H](OC(C)=O)[C@@H]1OC(C)=O. The van der Waals surface area contributed by atoms with Gasteiger partial charge >= 0.3 is 29.8 Å². The second-order valence-corrected chi connectivity index (χ2v) is 11.8. The highest BCUT2D eigenvalue weighted by atomic mass is 16.7. The lowest BCUT2D eigenvalue weighted by Gasteiger charge is -2.49. The minimum Gasteiger partial charge on any atom is -0.463 e. The van der Waals surface area contributed by atoms with Crippen LogP contribution in [0.3, 0.4) is 0 Å². The van der Waals surface area contributed by atoms with Gasteiger partial charge in [0.15, 0.2) is 24.6 Å². The predicted molar refractivity (Wildman–Crippen MR) is 171 cm³/mol. The van der Waals surface area contributed by atoms with Crippen LogP contribution in [-0.4, -0.2) is 121 Å². The van der Waals surface area contributed by atoms with Crippen LogP contribution in [0.2, 0.25) is 0 Å². The van der Waals surface area contributed by atoms with Crippen LogP contribution in [0.5, 0.6) is 5.75 Å². The van der Waals surface area contributed by atoms with E-state index in [1.807, 2.05) is 0 Å². The lowest BCUT2D eigenvalue weighted by atomic mass is 9.94. The molecule has 2 aliphatic heterocycles. The Kier molecular flexibility index (Phi) is 15.0. The van der Waals surface area contributed by atoms with Crippen molar-refractivity contribution in [2.45, 2.75) is 110 Å². The number of nitrogens with zero attached hydrogens (tertiary/aromatic N) is 1. The van der Waals surface area contributed by atoms with Crippen LogP contribution in [0.15, 0.2) is 24.3 Å². The fraction of sp³-hybridized carbons (Fsp3) is 0.594. The molecule has 2 saturated heterocycles. The largest absolute Gasteiger partial charge is 0.463 e. The Bertz CT molecular complexity index is 1540. The maximum Gasteiger partial charge on any atom is 0.303 e. The highest BCUT2D eigenvalue weighted by molar-refractivity contribution is 5.74. The lowest BCUT2D eigenvalue weighted by Crippen LogP contribution is -2.71. The first kappa shape index (κ1) is 42.0. The molecule has 3 rings (SSSR count). The summed E-state index contributed by atoms with van der Waals surface area (Å²) < 4.78 is 51.6. The van der Waals surface area contributed by atoms with Crippen molar-refractivity contribution in [3.63, 3.8) is 0 Å². The molecule has 2 amide bonds. The summed E-state index contributed by atoms with van der Waals surface area (Å²) in [6.45, 7) is 6.47. The molecule has 0 aliphatic carbocycles. The van der Waals surface area contributed by atoms with Crippen LogP contribution in [0.25, 0.3) is 0 Å². The molecule has 0 bridgehead atoms. The maximum absolute atomic E-state index is 12.6. The number of hydrogen-bond donors (Lipinski definition) is 2. The molecule has 0 spiro atoms. The molecule has 0 unspecified atom stereocenters. The van der Waals surface area contributed by atoms with Crippen molar-refractivity contribution in [3.8, 4) is 5.75 Å². The zero-order chi connectivity index (χ0) is 39.6. The highest BCUT2D eigenvalue weighted by Gasteiger charge is 2.56. The Morgan fingerprint density at radius 2 is 1.04 bits per heavy atom. The van der Waals surface area contributed by atoms with E-state index in [9.17, 15) is 43.7 Å². The zero-order valence-corrected chi connectivity index (χ0v) is 29.8. The second kappa shape index (κ2) is 18.9. The number of nitrogens with one attached hydrogen (secondary N) is 2. The van der Waals surface area contributed by atoms with E-state index in [1.54, 1.807) is 0 Å². The van der Waals surface area contributed by atoms with Crippen LogP contribution in [0.4, 0.5) is 5.69 Å². The van der Waals surface area contributed by atoms with Gasteiger partial charge in [-0.3, -0.25) is 43.7 Å². The first-order valence-electron chi connectivity index (χ1n) is 16.1. The fourth-order valence-corrected chi connectivity index (χ4v) is 5.56. The van der Waals surface area contributed by atoms with E-state index in [1.165, 1.54) is 12.1 Å². The molecule has 2 aliphatic rings. The van der Waals surface area contributed by atoms with Gasteiger partial charge in [-0.05, 0) is 12.1 Å². The number of carbonyl (C=O) groups is 7. The van der Waals surface area contributed by atoms with Crippen LogP contribution in [-0.2, 0) is 71.5 Å². The summed E-state index contributed by atoms with van der Waals surface area (Å²) in [5.41, 5.74) is -0.254. The van der Waals surface area contributed by atoms with Gasteiger partial charge < -0.3 is 53.3 Å². The summed E-state index contributed by atoms with van der Waals surface area (Å²) in [4.78, 5) is 96.5. The Labute approximate surface area is 302 Å². The van der Waals surface area contributed by atoms with Crippen molar-refractivity contribution in [1.82, 2.24) is 10.6 Å². The molecule has 2 heterocycles. The van der Waals surface area contributed by atoms with Crippen molar-refractivity contribution in [1.29, 1.82) is 0 Å². The minimum atomic E-state index is -1.72. The number of esters is 5. The molecule has 21 heteroatoms. The van der Waals surface area contributed by atoms with E-state index in [0.29, 0.717) is 0 Å². The minimum absolute atomic E-state index is 0.0264. The first-order valence-corrected chi connectivity index (χ1v) is 16.1. The molecule has 0 saturated carbocycles. The monoisotopic (exact) mass is 755 g/mol. The smallest absolute Gasteiger partial charge is 0.303 e. The first-order chi connectivity index (χ1) is 24.9. The topological polar surface area (TPSA) is 270 Å². The number of hydrogen-bond acceptors (Lipinski definition) is 18. The average Bonchev–Trinajstić information content (AvgIpc) is 3.03. The Hall–Kier alpha value is -5.41. The number of ether oxygens (including phenoxy) is 9. The summed E-state index contributed by atoms with van der Waals surface area (Å²) >= 11 is 0. The molecule has 21 nitrogen and oxygen atoms in total. The molecular weight excluding hydrogens is 714 g/mol. The number of non-ortho nitro benzene ring substituents is 1. The van der Waals surface area contributed by atoms with E-state index in [-0.39, 0.29) is 11.4 Å². The number of nitro groups is 1. The summed E-state index contributed by atoms with van der Waals surface area (Å²) in [5.74, 6) is -5.45. The van der Waals surface area contributed by atoms with Gasteiger partial charge in [0, 0.05) is 60.6 Å². The molecule has 53 heavy (non-hydrogen) atoms. The third-order valence-corrected chi connectivity index (χ3v) is 7.43. The third-order valence-electron chi connectivity index (χ3n) is 7.43. The van der Waals surface area contributed by atoms with Crippen molar-refractivity contribution in [2.75, 3.05) is 13.2 Å². The summed E-state index contributed by atoms with van der Waals surface area (Å²) in [7, 11) is 0. The quantitative estimate of drug-likeness (QED) is 0.107. The van der Waals surface area contributed by atoms with Gasteiger partial charge in [0.05, 0.1) is 4.92 Å². The zero-order valence-electron chi connectivity index (χ0n) is 29.8. The average molecular weight is 756 g/mol. The third kappa shape index (κ3) is 12.4. The van der Waals surface area contributed by atoms with Gasteiger partial charge in [0.1, 0.15) is 49.4 Å². The van der Waals surface area contributed by atoms with Crippen molar-refractivity contribution in [2.24, 2.45) is 0 Å². The van der Waals surface area contributed by atoms with Crippen molar-refractivity contribution in [3.05, 3.63) is 34.4 Å². The number of amides is 2. The summed E-state index contributed by atoms with van der Waals surface area (Å²) in [6.07, 6.45) is -12.2. The van der Waals surface area contributed by atoms with Gasteiger partial charge in [-0.1, -0.05) is 0 Å². The van der Waals surface area contributed by atoms with Crippen molar-refractivity contribution < 1.29 is 81.1 Å². The van der Waals surface area contributed by atoms with Crippen LogP contribution < -0.4 is 15.4 Å². The van der Waals surface area contributed by atoms with Gasteiger partial charge in [-0.15, -0.1) is 0 Å². The highest BCUT2D eigenvalue weighted by Crippen LogP contribution is 2.34. The molecule has 292 valence electrons. The Morgan fingerprint density at radius 1 is 0.623 bits per heavy atom. The van der Waals surface area contributed by atoms with Crippen LogP contribution in [0, 0.1) is 10.1 Å². The molecule has 1 aromatic rings. The maximum atomic E-state index is 12.6. The van der Waals surface area contributed by atoms with E-state index < -0.39 is 121 Å². The van der Waals surface area contributed by atoms with Gasteiger partial charge in [0.2, 0.25) is 18.1 Å². The van der Waals surface area contributed by atoms with Crippen LogP contribution in [0.1, 0.15) is 48.5 Å². The number of rotatable bonds is 14. The fourth-order valence-electron chi connectivity index (χ4n) is 5.56. The van der Waals surface area contributed by atoms with E-state index >= 15 is 0 Å². The normalized spacial score (nSPS) is 27.9. The van der Waals surface area contributed by atoms with E-state index in [4.69, 9.17) is 42.6 Å². The molecule has 0 radical (unpaired) electrons. The molecule has 2 N–H and O–H groups in total. The van der Waals surface area contributed by atoms with Crippen molar-refractivity contribution >= 4 is 47.3 Å². The standard InChI is InChI=1S/C32H41N3O18/c1-14(36)33-25-30(49-20(7)42)28(24(13-46-17(4)39)51-31(25)50-22-10-8-21(9-11-22)35(43)44)53-32-26(34-15(2)37)29(48-19(6)41)27(47-18(5)40)23(52-32)12-45-16(3)38/h8-11,23-32H,12-13H2,1-7H3,(H,33,36)(H,34,37)/t23-,24-,25-,26-,27-,28-,29-,30-,31-,32+/m1/s1. The van der Waals surface area contributed by atoms with E-state index in [2.05, 4.69) is 10.6 Å². The molecule has 0 aromatic heterocycles. The van der Waals surface area contributed by atoms with Gasteiger partial charge in [0.25, 0.3) is 5.69 Å². The number of benzene rings is 1. The van der Waals surface area contributed by atoms with Gasteiger partial charge in [-0.25, -0.2) is 0 Å². The Morgan fingerprint density at radius 3 is 1.47 bits per heavy atom. The summed E-state index contributed by atoms with van der Waals surface area (Å²) in [6, 6.07) is 1.92. The molecule has 2 fully saturated rings.